The maximum Gasteiger partial charge on any atom is 0.261 e. The van der Waals surface area contributed by atoms with Gasteiger partial charge in [-0.3, -0.25) is 19.7 Å². The Bertz CT molecular complexity index is 657. The summed E-state index contributed by atoms with van der Waals surface area (Å²) in [6, 6.07) is 4.88. The van der Waals surface area contributed by atoms with Crippen LogP contribution in [0.4, 0.5) is 5.69 Å². The van der Waals surface area contributed by atoms with Gasteiger partial charge in [-0.25, -0.2) is 0 Å². The molecule has 1 N–H and O–H groups in total. The van der Waals surface area contributed by atoms with E-state index in [1.807, 2.05) is 0 Å². The Kier molecular flexibility index (Phi) is 2.39. The molecule has 1 aromatic rings. The van der Waals surface area contributed by atoms with Crippen LogP contribution in [0, 0.1) is 18.3 Å². The van der Waals surface area contributed by atoms with E-state index in [4.69, 9.17) is 6.42 Å². The predicted octanol–water partition coefficient (Wildman–Crippen LogP) is 0.556. The molecule has 0 saturated carbocycles. The fourth-order valence-electron chi connectivity index (χ4n) is 2.48. The highest BCUT2D eigenvalue weighted by Crippen LogP contribution is 2.31. The average Bonchev–Trinajstić information content (AvgIpc) is 2.91. The lowest BCUT2D eigenvalue weighted by Gasteiger charge is -2.18. The van der Waals surface area contributed by atoms with Crippen LogP contribution >= 0.6 is 0 Å². The zero-order chi connectivity index (χ0) is 13.6. The Morgan fingerprint density at radius 1 is 1.26 bits per heavy atom. The number of amides is 3. The molecule has 5 nitrogen and oxygen atoms in total. The molecule has 5 heteroatoms. The van der Waals surface area contributed by atoms with Crippen LogP contribution in [0.15, 0.2) is 18.2 Å². The molecule has 3 rings (SSSR count). The molecule has 0 aliphatic carbocycles. The van der Waals surface area contributed by atoms with Gasteiger partial charge in [0, 0.05) is 18.9 Å². The molecule has 0 spiro atoms. The summed E-state index contributed by atoms with van der Waals surface area (Å²) in [4.78, 5) is 36.8. The molecule has 1 saturated heterocycles. The molecule has 3 amide bonds. The van der Waals surface area contributed by atoms with Crippen LogP contribution in [-0.4, -0.2) is 24.3 Å². The van der Waals surface area contributed by atoms with Gasteiger partial charge in [-0.1, -0.05) is 6.07 Å². The van der Waals surface area contributed by atoms with Gasteiger partial charge in [0.2, 0.25) is 5.91 Å². The summed E-state index contributed by atoms with van der Waals surface area (Å²) >= 11 is 0. The van der Waals surface area contributed by atoms with Gasteiger partial charge in [0.25, 0.3) is 11.8 Å². The van der Waals surface area contributed by atoms with Gasteiger partial charge in [-0.2, -0.15) is 0 Å². The molecule has 19 heavy (non-hydrogen) atoms. The van der Waals surface area contributed by atoms with Gasteiger partial charge in [0.15, 0.2) is 0 Å². The van der Waals surface area contributed by atoms with Crippen LogP contribution in [0.25, 0.3) is 0 Å². The van der Waals surface area contributed by atoms with Gasteiger partial charge in [0.05, 0.1) is 16.8 Å². The summed E-state index contributed by atoms with van der Waals surface area (Å²) < 4.78 is 0. The molecule has 1 aromatic carbocycles. The second kappa shape index (κ2) is 3.95. The fraction of sp³-hybridized carbons (Fsp3) is 0.214. The van der Waals surface area contributed by atoms with E-state index in [0.717, 1.165) is 0 Å². The average molecular weight is 254 g/mol. The topological polar surface area (TPSA) is 66.5 Å². The van der Waals surface area contributed by atoms with Gasteiger partial charge in [-0.05, 0) is 12.1 Å². The van der Waals surface area contributed by atoms with Crippen molar-refractivity contribution in [3.63, 3.8) is 0 Å². The maximum atomic E-state index is 11.9. The lowest BCUT2D eigenvalue weighted by Crippen LogP contribution is -2.27. The second-order valence-corrected chi connectivity index (χ2v) is 4.56. The zero-order valence-electron chi connectivity index (χ0n) is 9.97. The number of hydrogen-bond acceptors (Lipinski definition) is 3. The molecule has 2 heterocycles. The summed E-state index contributed by atoms with van der Waals surface area (Å²) in [5.74, 6) is 1.39. The van der Waals surface area contributed by atoms with E-state index in [2.05, 4.69) is 11.2 Å². The van der Waals surface area contributed by atoms with Crippen LogP contribution in [0.1, 0.15) is 27.1 Å². The lowest BCUT2D eigenvalue weighted by atomic mass is 10.1. The Morgan fingerprint density at radius 3 is 2.74 bits per heavy atom. The van der Waals surface area contributed by atoms with Gasteiger partial charge < -0.3 is 4.90 Å². The summed E-state index contributed by atoms with van der Waals surface area (Å²) in [6.07, 6.45) is 5.61. The standard InChI is InChI=1S/C14H10N2O3/c1-2-8-6-11(17)16(7-8)10-5-3-4-9-12(10)14(19)15-13(9)18/h1,3-5,8H,6-7H2,(H,15,18,19). The SMILES string of the molecule is C#CC1CC(=O)N(c2cccc3c2C(=O)NC3=O)C1. The minimum absolute atomic E-state index is 0.122. The number of nitrogens with zero attached hydrogens (tertiary/aromatic N) is 1. The Balaban J connectivity index is 2.09. The zero-order valence-corrected chi connectivity index (χ0v) is 9.97. The number of nitrogens with one attached hydrogen (secondary N) is 1. The normalized spacial score (nSPS) is 21.3. The molecule has 0 radical (unpaired) electrons. The summed E-state index contributed by atoms with van der Waals surface area (Å²) in [7, 11) is 0. The van der Waals surface area contributed by atoms with E-state index >= 15 is 0 Å². The Hall–Kier alpha value is -2.61. The summed E-state index contributed by atoms with van der Waals surface area (Å²) in [5, 5.41) is 2.23. The number of carbonyl (C=O) groups is 3. The maximum absolute atomic E-state index is 11.9. The van der Waals surface area contributed by atoms with Crippen molar-refractivity contribution in [2.75, 3.05) is 11.4 Å². The molecule has 0 bridgehead atoms. The Morgan fingerprint density at radius 2 is 2.05 bits per heavy atom. The van der Waals surface area contributed by atoms with E-state index in [0.29, 0.717) is 17.8 Å². The summed E-state index contributed by atoms with van der Waals surface area (Å²) in [5.41, 5.74) is 1.03. The number of anilines is 1. The van der Waals surface area contributed by atoms with Gasteiger partial charge >= 0.3 is 0 Å². The smallest absolute Gasteiger partial charge is 0.261 e. The number of terminal acetylenes is 1. The van der Waals surface area contributed by atoms with Crippen LogP contribution in [-0.2, 0) is 4.79 Å². The number of fused-ring (bicyclic) bond motifs is 1. The van der Waals surface area contributed by atoms with Gasteiger partial charge in [0.1, 0.15) is 0 Å². The monoisotopic (exact) mass is 254 g/mol. The molecule has 94 valence electrons. The van der Waals surface area contributed by atoms with E-state index in [9.17, 15) is 14.4 Å². The van der Waals surface area contributed by atoms with E-state index in [1.54, 1.807) is 18.2 Å². The van der Waals surface area contributed by atoms with Crippen molar-refractivity contribution in [1.29, 1.82) is 0 Å². The highest BCUT2D eigenvalue weighted by Gasteiger charge is 2.36. The van der Waals surface area contributed by atoms with Crippen molar-refractivity contribution in [2.24, 2.45) is 5.92 Å². The van der Waals surface area contributed by atoms with Crippen LogP contribution in [0.5, 0.6) is 0 Å². The second-order valence-electron chi connectivity index (χ2n) is 4.56. The predicted molar refractivity (Wildman–Crippen MR) is 67.5 cm³/mol. The van der Waals surface area contributed by atoms with Gasteiger partial charge in [-0.15, -0.1) is 12.3 Å². The molecule has 1 atom stereocenters. The first-order valence-electron chi connectivity index (χ1n) is 5.87. The number of rotatable bonds is 1. The molecule has 2 aliphatic heterocycles. The third-order valence-corrected chi connectivity index (χ3v) is 3.39. The van der Waals surface area contributed by atoms with Crippen molar-refractivity contribution in [2.45, 2.75) is 6.42 Å². The lowest BCUT2D eigenvalue weighted by molar-refractivity contribution is -0.117. The van der Waals surface area contributed by atoms with Crippen LogP contribution in [0.3, 0.4) is 0 Å². The van der Waals surface area contributed by atoms with E-state index < -0.39 is 11.8 Å². The number of hydrogen-bond donors (Lipinski definition) is 1. The molecule has 2 aliphatic rings. The van der Waals surface area contributed by atoms with Crippen LogP contribution in [0.2, 0.25) is 0 Å². The molecule has 1 unspecified atom stereocenters. The first kappa shape index (κ1) is 11.5. The van der Waals surface area contributed by atoms with Crippen molar-refractivity contribution >= 4 is 23.4 Å². The van der Waals surface area contributed by atoms with Crippen molar-refractivity contribution < 1.29 is 14.4 Å². The third-order valence-electron chi connectivity index (χ3n) is 3.39. The largest absolute Gasteiger partial charge is 0.310 e. The van der Waals surface area contributed by atoms with E-state index in [1.165, 1.54) is 4.90 Å². The molecule has 0 aromatic heterocycles. The highest BCUT2D eigenvalue weighted by atomic mass is 16.2. The quantitative estimate of drug-likeness (QED) is 0.588. The summed E-state index contributed by atoms with van der Waals surface area (Å²) in [6.45, 7) is 0.382. The molecular weight excluding hydrogens is 244 g/mol. The molecule has 1 fully saturated rings. The minimum atomic E-state index is -0.465. The first-order valence-corrected chi connectivity index (χ1v) is 5.87. The molecular formula is C14H10N2O3. The third kappa shape index (κ3) is 1.61. The number of imide groups is 1. The number of carbonyl (C=O) groups excluding carboxylic acids is 3. The highest BCUT2D eigenvalue weighted by molar-refractivity contribution is 6.24. The Labute approximate surface area is 109 Å². The first-order chi connectivity index (χ1) is 9.11. The minimum Gasteiger partial charge on any atom is -0.310 e. The van der Waals surface area contributed by atoms with Crippen molar-refractivity contribution in [1.82, 2.24) is 5.32 Å². The van der Waals surface area contributed by atoms with Crippen molar-refractivity contribution in [3.05, 3.63) is 29.3 Å². The van der Waals surface area contributed by atoms with Crippen molar-refractivity contribution in [3.8, 4) is 12.3 Å². The fourth-order valence-corrected chi connectivity index (χ4v) is 2.48. The van der Waals surface area contributed by atoms with E-state index in [-0.39, 0.29) is 23.8 Å². The van der Waals surface area contributed by atoms with Crippen LogP contribution < -0.4 is 10.2 Å². The number of benzene rings is 1.